The summed E-state index contributed by atoms with van der Waals surface area (Å²) in [6, 6.07) is 1.85. The highest BCUT2D eigenvalue weighted by molar-refractivity contribution is 7.16. The number of methoxy groups -OCH3 is 1. The molecule has 1 unspecified atom stereocenters. The van der Waals surface area contributed by atoms with Crippen LogP contribution in [0.25, 0.3) is 0 Å². The molecule has 0 aromatic carbocycles. The van der Waals surface area contributed by atoms with Crippen LogP contribution in [-0.2, 0) is 4.74 Å². The molecule has 106 valence electrons. The minimum atomic E-state index is -0.680. The van der Waals surface area contributed by atoms with Gasteiger partial charge in [-0.3, -0.25) is 10.1 Å². The third kappa shape index (κ3) is 3.23. The van der Waals surface area contributed by atoms with Gasteiger partial charge in [0.05, 0.1) is 17.6 Å². The molecule has 19 heavy (non-hydrogen) atoms. The molecule has 1 saturated carbocycles. The van der Waals surface area contributed by atoms with Crippen LogP contribution in [0.4, 0.5) is 10.7 Å². The second-order valence-corrected chi connectivity index (χ2v) is 5.75. The van der Waals surface area contributed by atoms with E-state index in [1.807, 2.05) is 4.90 Å². The van der Waals surface area contributed by atoms with Crippen LogP contribution in [0.3, 0.4) is 0 Å². The van der Waals surface area contributed by atoms with Crippen molar-refractivity contribution in [3.05, 3.63) is 21.1 Å². The van der Waals surface area contributed by atoms with Crippen molar-refractivity contribution in [3.63, 3.8) is 0 Å². The van der Waals surface area contributed by atoms with Crippen LogP contribution < -0.4 is 4.90 Å². The van der Waals surface area contributed by atoms with E-state index in [0.717, 1.165) is 12.8 Å². The van der Waals surface area contributed by atoms with Crippen molar-refractivity contribution in [2.45, 2.75) is 31.9 Å². The fourth-order valence-corrected chi connectivity index (χ4v) is 3.12. The average Bonchev–Trinajstić information content (AvgIpc) is 3.07. The van der Waals surface area contributed by atoms with E-state index in [0.29, 0.717) is 29.1 Å². The van der Waals surface area contributed by atoms with Crippen molar-refractivity contribution in [2.75, 3.05) is 25.2 Å². The predicted octanol–water partition coefficient (Wildman–Crippen LogP) is 2.32. The van der Waals surface area contributed by atoms with E-state index in [1.165, 1.54) is 17.4 Å². The molecule has 1 aliphatic rings. The largest absolute Gasteiger partial charge is 0.388 e. The van der Waals surface area contributed by atoms with E-state index in [-0.39, 0.29) is 10.6 Å². The Morgan fingerprint density at radius 1 is 1.68 bits per heavy atom. The van der Waals surface area contributed by atoms with Crippen LogP contribution in [0.5, 0.6) is 0 Å². The van der Waals surface area contributed by atoms with Crippen LogP contribution in [0.15, 0.2) is 6.07 Å². The molecule has 1 N–H and O–H groups in total. The fourth-order valence-electron chi connectivity index (χ4n) is 1.96. The summed E-state index contributed by atoms with van der Waals surface area (Å²) >= 11 is 1.30. The van der Waals surface area contributed by atoms with E-state index < -0.39 is 6.10 Å². The van der Waals surface area contributed by atoms with E-state index >= 15 is 0 Å². The highest BCUT2D eigenvalue weighted by Gasteiger charge is 2.35. The van der Waals surface area contributed by atoms with Gasteiger partial charge in [0.1, 0.15) is 0 Å². The maximum atomic E-state index is 11.2. The van der Waals surface area contributed by atoms with Crippen molar-refractivity contribution in [3.8, 4) is 0 Å². The molecule has 2 rings (SSSR count). The molecule has 1 aromatic rings. The molecule has 1 atom stereocenters. The maximum Gasteiger partial charge on any atom is 0.304 e. The smallest absolute Gasteiger partial charge is 0.304 e. The lowest BCUT2D eigenvalue weighted by Crippen LogP contribution is -2.29. The molecule has 1 fully saturated rings. The number of rotatable bonds is 7. The molecule has 7 heteroatoms. The molecule has 1 aromatic heterocycles. The molecule has 1 heterocycles. The van der Waals surface area contributed by atoms with Crippen LogP contribution in [0.2, 0.25) is 0 Å². The monoisotopic (exact) mass is 286 g/mol. The standard InChI is InChI=1S/C12H18N2O4S/c1-8(15)11-7-10(14(16)17)12(19-11)13(5-6-18-2)9-3-4-9/h7-9,15H,3-6H2,1-2H3. The summed E-state index contributed by atoms with van der Waals surface area (Å²) in [5.41, 5.74) is 0.0869. The van der Waals surface area contributed by atoms with E-state index in [4.69, 9.17) is 4.74 Å². The van der Waals surface area contributed by atoms with Gasteiger partial charge in [-0.15, -0.1) is 11.3 Å². The number of hydrogen-bond donors (Lipinski definition) is 1. The van der Waals surface area contributed by atoms with Gasteiger partial charge in [-0.05, 0) is 19.8 Å². The first-order valence-corrected chi connectivity index (χ1v) is 7.08. The minimum absolute atomic E-state index is 0.0869. The first kappa shape index (κ1) is 14.2. The summed E-state index contributed by atoms with van der Waals surface area (Å²) < 4.78 is 5.07. The van der Waals surface area contributed by atoms with Crippen molar-refractivity contribution < 1.29 is 14.8 Å². The lowest BCUT2D eigenvalue weighted by Gasteiger charge is -2.21. The number of nitrogens with zero attached hydrogens (tertiary/aromatic N) is 2. The summed E-state index contributed by atoms with van der Waals surface area (Å²) in [6.07, 6.45) is 1.44. The Morgan fingerprint density at radius 3 is 2.84 bits per heavy atom. The zero-order chi connectivity index (χ0) is 14.0. The Hall–Kier alpha value is -1.18. The molecule has 0 bridgehead atoms. The zero-order valence-electron chi connectivity index (χ0n) is 11.0. The number of aliphatic hydroxyl groups excluding tert-OH is 1. The summed E-state index contributed by atoms with van der Waals surface area (Å²) in [5, 5.41) is 21.4. The van der Waals surface area contributed by atoms with Crippen LogP contribution in [0, 0.1) is 10.1 Å². The maximum absolute atomic E-state index is 11.2. The summed E-state index contributed by atoms with van der Waals surface area (Å²) in [4.78, 5) is 13.4. The molecule has 0 saturated heterocycles. The Labute approximate surface area is 115 Å². The minimum Gasteiger partial charge on any atom is -0.388 e. The number of thiophene rings is 1. The molecule has 0 aliphatic heterocycles. The third-order valence-corrected chi connectivity index (χ3v) is 4.44. The highest BCUT2D eigenvalue weighted by Crippen LogP contribution is 2.44. The molecule has 0 radical (unpaired) electrons. The Morgan fingerprint density at radius 2 is 2.37 bits per heavy atom. The third-order valence-electron chi connectivity index (χ3n) is 3.11. The first-order valence-electron chi connectivity index (χ1n) is 6.26. The number of aliphatic hydroxyl groups is 1. The van der Waals surface area contributed by atoms with E-state index in [2.05, 4.69) is 0 Å². The van der Waals surface area contributed by atoms with Crippen LogP contribution in [0.1, 0.15) is 30.7 Å². The Balaban J connectivity index is 2.31. The van der Waals surface area contributed by atoms with Gasteiger partial charge in [-0.25, -0.2) is 0 Å². The van der Waals surface area contributed by atoms with Crippen molar-refractivity contribution in [2.24, 2.45) is 0 Å². The predicted molar refractivity (Wildman–Crippen MR) is 73.9 cm³/mol. The van der Waals surface area contributed by atoms with Gasteiger partial charge in [0.15, 0.2) is 5.00 Å². The first-order chi connectivity index (χ1) is 9.04. The van der Waals surface area contributed by atoms with Gasteiger partial charge in [0, 0.05) is 30.6 Å². The number of nitro groups is 1. The number of ether oxygens (including phenoxy) is 1. The van der Waals surface area contributed by atoms with Crippen LogP contribution >= 0.6 is 11.3 Å². The highest BCUT2D eigenvalue weighted by atomic mass is 32.1. The van der Waals surface area contributed by atoms with Gasteiger partial charge < -0.3 is 14.7 Å². The fraction of sp³-hybridized carbons (Fsp3) is 0.667. The summed E-state index contributed by atoms with van der Waals surface area (Å²) in [7, 11) is 1.62. The summed E-state index contributed by atoms with van der Waals surface area (Å²) in [5.74, 6) is 0. The van der Waals surface area contributed by atoms with Gasteiger partial charge in [-0.2, -0.15) is 0 Å². The Bertz CT molecular complexity index is 457. The normalized spacial score (nSPS) is 16.4. The number of hydrogen-bond acceptors (Lipinski definition) is 6. The van der Waals surface area contributed by atoms with Crippen molar-refractivity contribution in [1.29, 1.82) is 0 Å². The average molecular weight is 286 g/mol. The summed E-state index contributed by atoms with van der Waals surface area (Å²) in [6.45, 7) is 2.80. The second kappa shape index (κ2) is 5.85. The van der Waals surface area contributed by atoms with Gasteiger partial charge >= 0.3 is 5.69 Å². The molecular weight excluding hydrogens is 268 g/mol. The topological polar surface area (TPSA) is 75.8 Å². The van der Waals surface area contributed by atoms with Gasteiger partial charge in [0.2, 0.25) is 0 Å². The molecule has 0 spiro atoms. The second-order valence-electron chi connectivity index (χ2n) is 4.69. The molecule has 1 aliphatic carbocycles. The SMILES string of the molecule is COCCN(c1sc(C(C)O)cc1[N+](=O)[O-])C1CC1. The quantitative estimate of drug-likeness (QED) is 0.615. The molecule has 0 amide bonds. The lowest BCUT2D eigenvalue weighted by molar-refractivity contribution is -0.383. The van der Waals surface area contributed by atoms with Crippen molar-refractivity contribution in [1.82, 2.24) is 0 Å². The van der Waals surface area contributed by atoms with Crippen LogP contribution in [-0.4, -0.2) is 36.3 Å². The molecule has 6 nitrogen and oxygen atoms in total. The van der Waals surface area contributed by atoms with Gasteiger partial charge in [0.25, 0.3) is 0 Å². The van der Waals surface area contributed by atoms with Crippen molar-refractivity contribution >= 4 is 22.0 Å². The van der Waals surface area contributed by atoms with E-state index in [9.17, 15) is 15.2 Å². The van der Waals surface area contributed by atoms with Gasteiger partial charge in [-0.1, -0.05) is 0 Å². The lowest BCUT2D eigenvalue weighted by atomic mass is 10.3. The molecular formula is C12H18N2O4S. The zero-order valence-corrected chi connectivity index (χ0v) is 11.9. The number of anilines is 1. The Kier molecular flexibility index (Phi) is 4.38. The van der Waals surface area contributed by atoms with E-state index in [1.54, 1.807) is 14.0 Å².